The van der Waals surface area contributed by atoms with Crippen LogP contribution in [0, 0.1) is 0 Å². The zero-order valence-corrected chi connectivity index (χ0v) is 23.0. The molecule has 2 aromatic carbocycles. The maximum Gasteiger partial charge on any atom is 0 e. The van der Waals surface area contributed by atoms with Crippen molar-refractivity contribution in [3.63, 3.8) is 0 Å². The standard InChI is InChI=1S/C22H40P.C5H5.Fe/c1-19(2,3)17-14-13-16(18(17)20(4,5)6)15-23(21(7,8)9)22(10,11)12;1-2-4-5-3-1;/h13-14H,15H2,1-12H3;1-5H;/q-1;-5;. The van der Waals surface area contributed by atoms with E-state index in [0.717, 1.165) is 0 Å². The molecule has 0 aromatic heterocycles. The maximum absolute atomic E-state index is 2.42. The Labute approximate surface area is 194 Å². The molecule has 0 aliphatic heterocycles. The van der Waals surface area contributed by atoms with Gasteiger partial charge in [-0.3, -0.25) is 0 Å². The van der Waals surface area contributed by atoms with E-state index in [1.165, 1.54) is 11.7 Å². The third-order valence-electron chi connectivity index (χ3n) is 5.10. The van der Waals surface area contributed by atoms with Crippen molar-refractivity contribution in [2.75, 3.05) is 0 Å². The predicted molar refractivity (Wildman–Crippen MR) is 132 cm³/mol. The van der Waals surface area contributed by atoms with Crippen LogP contribution in [0.2, 0.25) is 0 Å². The van der Waals surface area contributed by atoms with Crippen LogP contribution in [-0.2, 0) is 34.1 Å². The van der Waals surface area contributed by atoms with Crippen LogP contribution in [0.1, 0.15) is 99.8 Å². The monoisotopic (exact) mass is 456 g/mol. The van der Waals surface area contributed by atoms with E-state index in [-0.39, 0.29) is 35.8 Å². The van der Waals surface area contributed by atoms with Crippen LogP contribution in [0.3, 0.4) is 0 Å². The van der Waals surface area contributed by atoms with Gasteiger partial charge in [-0.1, -0.05) is 94.7 Å². The average molecular weight is 456 g/mol. The molecule has 2 heteroatoms. The van der Waals surface area contributed by atoms with E-state index >= 15 is 0 Å². The molecule has 0 fully saturated rings. The first kappa shape index (κ1) is 28.6. The Morgan fingerprint density at radius 2 is 1.07 bits per heavy atom. The third kappa shape index (κ3) is 8.73. The second kappa shape index (κ2) is 10.3. The maximum atomic E-state index is 2.42. The van der Waals surface area contributed by atoms with Crippen molar-refractivity contribution < 1.29 is 17.1 Å². The van der Waals surface area contributed by atoms with Gasteiger partial charge in [0.2, 0.25) is 0 Å². The van der Waals surface area contributed by atoms with Gasteiger partial charge in [-0.05, 0) is 15.7 Å². The molecule has 172 valence electrons. The Balaban J connectivity index is 0.00000113. The Bertz CT molecular complexity index is 661. The van der Waals surface area contributed by atoms with Crippen LogP contribution < -0.4 is 0 Å². The molecular weight excluding hydrogens is 411 g/mol. The molecule has 0 spiro atoms. The first-order valence-corrected chi connectivity index (χ1v) is 12.2. The predicted octanol–water partition coefficient (Wildman–Crippen LogP) is 8.98. The van der Waals surface area contributed by atoms with E-state index in [0.29, 0.717) is 10.3 Å². The zero-order chi connectivity index (χ0) is 22.0. The van der Waals surface area contributed by atoms with E-state index in [9.17, 15) is 0 Å². The fourth-order valence-electron chi connectivity index (χ4n) is 4.14. The Morgan fingerprint density at radius 1 is 0.690 bits per heavy atom. The summed E-state index contributed by atoms with van der Waals surface area (Å²) in [6, 6.07) is 14.8. The normalized spacial score (nSPS) is 13.0. The van der Waals surface area contributed by atoms with Crippen LogP contribution in [0.25, 0.3) is 0 Å². The number of hydrogen-bond acceptors (Lipinski definition) is 0. The molecule has 0 bridgehead atoms. The molecular formula is C27H45FeP-6. The topological polar surface area (TPSA) is 0 Å². The van der Waals surface area contributed by atoms with E-state index in [1.54, 1.807) is 11.1 Å². The molecule has 29 heavy (non-hydrogen) atoms. The zero-order valence-electron chi connectivity index (χ0n) is 21.0. The molecule has 0 aliphatic carbocycles. The van der Waals surface area contributed by atoms with E-state index in [1.807, 2.05) is 30.3 Å². The van der Waals surface area contributed by atoms with Gasteiger partial charge in [-0.2, -0.15) is 17.2 Å². The first-order valence-electron chi connectivity index (χ1n) is 10.7. The van der Waals surface area contributed by atoms with Gasteiger partial charge in [0.15, 0.2) is 0 Å². The van der Waals surface area contributed by atoms with Crippen molar-refractivity contribution in [1.82, 2.24) is 0 Å². The van der Waals surface area contributed by atoms with Crippen LogP contribution in [0.15, 0.2) is 42.5 Å². The molecule has 0 unspecified atom stereocenters. The largest absolute Gasteiger partial charge is 0.748 e. The smallest absolute Gasteiger partial charge is 0 e. The summed E-state index contributed by atoms with van der Waals surface area (Å²) < 4.78 is 0. The molecule has 2 aromatic rings. The Morgan fingerprint density at radius 3 is 1.34 bits per heavy atom. The molecule has 0 atom stereocenters. The van der Waals surface area contributed by atoms with Crippen molar-refractivity contribution in [3.8, 4) is 0 Å². The van der Waals surface area contributed by atoms with Gasteiger partial charge >= 0.3 is 0 Å². The fourth-order valence-corrected chi connectivity index (χ4v) is 7.70. The minimum Gasteiger partial charge on any atom is -0.748 e. The van der Waals surface area contributed by atoms with Gasteiger partial charge in [0, 0.05) is 17.1 Å². The quantitative estimate of drug-likeness (QED) is 0.240. The van der Waals surface area contributed by atoms with E-state index < -0.39 is 0 Å². The molecule has 0 saturated carbocycles. The van der Waals surface area contributed by atoms with Crippen LogP contribution in [-0.4, -0.2) is 10.3 Å². The summed E-state index contributed by atoms with van der Waals surface area (Å²) in [4.78, 5) is 0. The van der Waals surface area contributed by atoms with Crippen molar-refractivity contribution in [1.29, 1.82) is 0 Å². The SMILES string of the molecule is CC(C)(C)c1cc[c-](CP(C(C)(C)C)C(C)(C)C)c1C(C)(C)C.[Fe].[cH-]1[cH-][cH-][cH-][cH-]1. The molecule has 0 nitrogen and oxygen atoms in total. The number of hydrogen-bond donors (Lipinski definition) is 0. The summed E-state index contributed by atoms with van der Waals surface area (Å²) >= 11 is 0. The molecule has 2 rings (SSSR count). The van der Waals surface area contributed by atoms with E-state index in [4.69, 9.17) is 0 Å². The minimum absolute atomic E-state index is 0. The summed E-state index contributed by atoms with van der Waals surface area (Å²) in [5.74, 6) is 0. The summed E-state index contributed by atoms with van der Waals surface area (Å²) in [5, 5.41) is 0.754. The average Bonchev–Trinajstić information content (AvgIpc) is 3.13. The number of rotatable bonds is 2. The molecule has 0 radical (unpaired) electrons. The van der Waals surface area contributed by atoms with Crippen LogP contribution >= 0.6 is 7.92 Å². The van der Waals surface area contributed by atoms with E-state index in [2.05, 4.69) is 95.2 Å². The molecule has 0 heterocycles. The third-order valence-corrected chi connectivity index (χ3v) is 9.00. The Kier molecular flexibility index (Phi) is 10.2. The van der Waals surface area contributed by atoms with Crippen molar-refractivity contribution in [2.45, 2.75) is 110 Å². The summed E-state index contributed by atoms with van der Waals surface area (Å²) in [5.41, 5.74) is 5.16. The van der Waals surface area contributed by atoms with Gasteiger partial charge < -0.3 is 30.3 Å². The van der Waals surface area contributed by atoms with Gasteiger partial charge in [0.1, 0.15) is 0 Å². The molecule has 0 N–H and O–H groups in total. The molecule has 0 aliphatic rings. The Hall–Kier alpha value is -0.351. The van der Waals surface area contributed by atoms with Crippen molar-refractivity contribution in [3.05, 3.63) is 59.2 Å². The molecule has 0 amide bonds. The summed E-state index contributed by atoms with van der Waals surface area (Å²) in [6.45, 7) is 28.7. The van der Waals surface area contributed by atoms with Crippen LogP contribution in [0.4, 0.5) is 0 Å². The fraction of sp³-hybridized carbons (Fsp3) is 0.630. The first-order chi connectivity index (χ1) is 12.5. The second-order valence-corrected chi connectivity index (χ2v) is 15.9. The second-order valence-electron chi connectivity index (χ2n) is 12.0. The van der Waals surface area contributed by atoms with Gasteiger partial charge in [0.05, 0.1) is 0 Å². The van der Waals surface area contributed by atoms with Crippen molar-refractivity contribution >= 4 is 7.92 Å². The van der Waals surface area contributed by atoms with Gasteiger partial charge in [-0.15, -0.1) is 13.5 Å². The minimum atomic E-state index is -0.105. The van der Waals surface area contributed by atoms with Gasteiger partial charge in [0.25, 0.3) is 0 Å². The van der Waals surface area contributed by atoms with Crippen molar-refractivity contribution in [2.24, 2.45) is 0 Å². The summed E-state index contributed by atoms with van der Waals surface area (Å²) in [6.07, 6.45) is 1.24. The molecule has 0 saturated heterocycles. The summed E-state index contributed by atoms with van der Waals surface area (Å²) in [7, 11) is -0.105. The van der Waals surface area contributed by atoms with Crippen LogP contribution in [0.5, 0.6) is 0 Å². The van der Waals surface area contributed by atoms with Gasteiger partial charge in [-0.25, -0.2) is 6.07 Å².